The zero-order valence-electron chi connectivity index (χ0n) is 9.07. The summed E-state index contributed by atoms with van der Waals surface area (Å²) >= 11 is 0. The van der Waals surface area contributed by atoms with Gasteiger partial charge in [-0.05, 0) is 19.1 Å². The molecule has 1 heterocycles. The average Bonchev–Trinajstić information content (AvgIpc) is 2.55. The van der Waals surface area contributed by atoms with Crippen LogP contribution in [0.3, 0.4) is 0 Å². The minimum atomic E-state index is -0.336. The standard InChI is InChI=1S/C12H11FN2O/c1-8-14-12(11(7-16)15(8)2)9-4-3-5-10(13)6-9/h3-7H,1-2H3. The highest BCUT2D eigenvalue weighted by Gasteiger charge is 2.13. The predicted octanol–water partition coefficient (Wildman–Crippen LogP) is 2.35. The maximum absolute atomic E-state index is 13.1. The third-order valence-electron chi connectivity index (χ3n) is 2.57. The minimum Gasteiger partial charge on any atom is -0.329 e. The number of aldehydes is 1. The Morgan fingerprint density at radius 3 is 2.81 bits per heavy atom. The van der Waals surface area contributed by atoms with Gasteiger partial charge in [0.1, 0.15) is 17.3 Å². The molecule has 0 saturated heterocycles. The lowest BCUT2D eigenvalue weighted by atomic mass is 10.1. The number of benzene rings is 1. The van der Waals surface area contributed by atoms with Gasteiger partial charge < -0.3 is 4.57 Å². The van der Waals surface area contributed by atoms with E-state index < -0.39 is 0 Å². The Kier molecular flexibility index (Phi) is 2.56. The van der Waals surface area contributed by atoms with E-state index in [1.54, 1.807) is 30.7 Å². The molecular weight excluding hydrogens is 207 g/mol. The Morgan fingerprint density at radius 1 is 1.44 bits per heavy atom. The van der Waals surface area contributed by atoms with Crippen molar-refractivity contribution < 1.29 is 9.18 Å². The summed E-state index contributed by atoms with van der Waals surface area (Å²) in [5, 5.41) is 0. The SMILES string of the molecule is Cc1nc(-c2cccc(F)c2)c(C=O)n1C. The lowest BCUT2D eigenvalue weighted by molar-refractivity contribution is 0.111. The van der Waals surface area contributed by atoms with Gasteiger partial charge in [0.25, 0.3) is 0 Å². The Bertz CT molecular complexity index is 546. The van der Waals surface area contributed by atoms with Crippen molar-refractivity contribution in [3.63, 3.8) is 0 Å². The predicted molar refractivity (Wildman–Crippen MR) is 58.7 cm³/mol. The monoisotopic (exact) mass is 218 g/mol. The largest absolute Gasteiger partial charge is 0.329 e. The topological polar surface area (TPSA) is 34.9 Å². The number of aromatic nitrogens is 2. The van der Waals surface area contributed by atoms with Crippen LogP contribution in [-0.4, -0.2) is 15.8 Å². The van der Waals surface area contributed by atoms with Crippen molar-refractivity contribution in [3.8, 4) is 11.3 Å². The van der Waals surface area contributed by atoms with Crippen LogP contribution >= 0.6 is 0 Å². The van der Waals surface area contributed by atoms with Crippen LogP contribution in [0.5, 0.6) is 0 Å². The van der Waals surface area contributed by atoms with Crippen molar-refractivity contribution in [2.45, 2.75) is 6.92 Å². The van der Waals surface area contributed by atoms with Crippen LogP contribution in [0.15, 0.2) is 24.3 Å². The molecule has 0 unspecified atom stereocenters. The summed E-state index contributed by atoms with van der Waals surface area (Å²) in [7, 11) is 1.76. The number of rotatable bonds is 2. The lowest BCUT2D eigenvalue weighted by Gasteiger charge is -1.99. The summed E-state index contributed by atoms with van der Waals surface area (Å²) < 4.78 is 14.8. The van der Waals surface area contributed by atoms with E-state index in [0.29, 0.717) is 17.0 Å². The van der Waals surface area contributed by atoms with Crippen LogP contribution in [0.4, 0.5) is 4.39 Å². The number of nitrogens with zero attached hydrogens (tertiary/aromatic N) is 2. The van der Waals surface area contributed by atoms with E-state index in [0.717, 1.165) is 12.1 Å². The van der Waals surface area contributed by atoms with Gasteiger partial charge in [0.2, 0.25) is 0 Å². The van der Waals surface area contributed by atoms with Crippen molar-refractivity contribution in [3.05, 3.63) is 41.6 Å². The molecule has 0 aliphatic heterocycles. The smallest absolute Gasteiger partial charge is 0.168 e. The molecule has 16 heavy (non-hydrogen) atoms. The number of aryl methyl sites for hydroxylation is 1. The second kappa shape index (κ2) is 3.89. The molecule has 2 aromatic rings. The highest BCUT2D eigenvalue weighted by Crippen LogP contribution is 2.22. The van der Waals surface area contributed by atoms with Crippen LogP contribution in [0, 0.1) is 12.7 Å². The molecule has 0 bridgehead atoms. The van der Waals surface area contributed by atoms with Gasteiger partial charge in [-0.1, -0.05) is 12.1 Å². The van der Waals surface area contributed by atoms with Gasteiger partial charge >= 0.3 is 0 Å². The molecular formula is C12H11FN2O. The Hall–Kier alpha value is -1.97. The van der Waals surface area contributed by atoms with E-state index >= 15 is 0 Å². The van der Waals surface area contributed by atoms with Gasteiger partial charge in [-0.3, -0.25) is 4.79 Å². The molecule has 4 heteroatoms. The van der Waals surface area contributed by atoms with Crippen molar-refractivity contribution in [2.24, 2.45) is 7.05 Å². The Labute approximate surface area is 92.5 Å². The molecule has 0 atom stereocenters. The molecule has 82 valence electrons. The van der Waals surface area contributed by atoms with E-state index in [-0.39, 0.29) is 5.82 Å². The van der Waals surface area contributed by atoms with Crippen LogP contribution in [-0.2, 0) is 7.05 Å². The highest BCUT2D eigenvalue weighted by atomic mass is 19.1. The third kappa shape index (κ3) is 1.62. The van der Waals surface area contributed by atoms with Gasteiger partial charge in [0.05, 0.1) is 5.69 Å². The van der Waals surface area contributed by atoms with Gasteiger partial charge in [0.15, 0.2) is 6.29 Å². The number of hydrogen-bond acceptors (Lipinski definition) is 2. The molecule has 1 aromatic heterocycles. The lowest BCUT2D eigenvalue weighted by Crippen LogP contribution is -1.97. The van der Waals surface area contributed by atoms with Crippen LogP contribution in [0.1, 0.15) is 16.3 Å². The number of imidazole rings is 1. The summed E-state index contributed by atoms with van der Waals surface area (Å²) in [6, 6.07) is 6.07. The summed E-state index contributed by atoms with van der Waals surface area (Å²) in [4.78, 5) is 15.2. The van der Waals surface area contributed by atoms with Crippen molar-refractivity contribution >= 4 is 6.29 Å². The number of carbonyl (C=O) groups is 1. The summed E-state index contributed by atoms with van der Waals surface area (Å²) in [5.74, 6) is 0.388. The molecule has 0 saturated carbocycles. The molecule has 0 amide bonds. The van der Waals surface area contributed by atoms with Gasteiger partial charge in [-0.2, -0.15) is 0 Å². The van der Waals surface area contributed by atoms with Gasteiger partial charge in [0, 0.05) is 12.6 Å². The molecule has 0 fully saturated rings. The van der Waals surface area contributed by atoms with Crippen LogP contribution in [0.2, 0.25) is 0 Å². The van der Waals surface area contributed by atoms with E-state index in [9.17, 15) is 9.18 Å². The quantitative estimate of drug-likeness (QED) is 0.725. The Morgan fingerprint density at radius 2 is 2.19 bits per heavy atom. The molecule has 0 N–H and O–H groups in total. The first-order valence-electron chi connectivity index (χ1n) is 4.88. The maximum atomic E-state index is 13.1. The summed E-state index contributed by atoms with van der Waals surface area (Å²) in [6.45, 7) is 1.80. The van der Waals surface area contributed by atoms with Crippen molar-refractivity contribution in [1.29, 1.82) is 0 Å². The average molecular weight is 218 g/mol. The van der Waals surface area contributed by atoms with E-state index in [1.807, 2.05) is 0 Å². The first kappa shape index (κ1) is 10.5. The fourth-order valence-electron chi connectivity index (χ4n) is 1.61. The zero-order chi connectivity index (χ0) is 11.7. The fraction of sp³-hybridized carbons (Fsp3) is 0.167. The van der Waals surface area contributed by atoms with Crippen molar-refractivity contribution in [1.82, 2.24) is 9.55 Å². The number of hydrogen-bond donors (Lipinski definition) is 0. The molecule has 3 nitrogen and oxygen atoms in total. The van der Waals surface area contributed by atoms with E-state index in [2.05, 4.69) is 4.98 Å². The van der Waals surface area contributed by atoms with Crippen LogP contribution in [0.25, 0.3) is 11.3 Å². The van der Waals surface area contributed by atoms with E-state index in [1.165, 1.54) is 12.1 Å². The maximum Gasteiger partial charge on any atom is 0.168 e. The molecule has 0 aliphatic rings. The molecule has 2 rings (SSSR count). The second-order valence-electron chi connectivity index (χ2n) is 3.58. The molecule has 0 radical (unpaired) electrons. The Balaban J connectivity index is 2.64. The van der Waals surface area contributed by atoms with E-state index in [4.69, 9.17) is 0 Å². The summed E-state index contributed by atoms with van der Waals surface area (Å²) in [6.07, 6.45) is 0.736. The fourth-order valence-corrected chi connectivity index (χ4v) is 1.61. The molecule has 0 spiro atoms. The first-order valence-corrected chi connectivity index (χ1v) is 4.88. The third-order valence-corrected chi connectivity index (χ3v) is 2.57. The number of halogens is 1. The number of carbonyl (C=O) groups excluding carboxylic acids is 1. The van der Waals surface area contributed by atoms with Crippen molar-refractivity contribution in [2.75, 3.05) is 0 Å². The van der Waals surface area contributed by atoms with Crippen LogP contribution < -0.4 is 0 Å². The van der Waals surface area contributed by atoms with Gasteiger partial charge in [-0.25, -0.2) is 9.37 Å². The zero-order valence-corrected chi connectivity index (χ0v) is 9.07. The minimum absolute atomic E-state index is 0.336. The molecule has 0 aliphatic carbocycles. The first-order chi connectivity index (χ1) is 7.63. The normalized spacial score (nSPS) is 10.4. The highest BCUT2D eigenvalue weighted by molar-refractivity contribution is 5.84. The van der Waals surface area contributed by atoms with Gasteiger partial charge in [-0.15, -0.1) is 0 Å². The summed E-state index contributed by atoms with van der Waals surface area (Å²) in [5.41, 5.74) is 1.60. The molecule has 1 aromatic carbocycles. The second-order valence-corrected chi connectivity index (χ2v) is 3.58.